The van der Waals surface area contributed by atoms with Gasteiger partial charge in [0, 0.05) is 24.6 Å². The van der Waals surface area contributed by atoms with Crippen LogP contribution in [0.4, 0.5) is 4.79 Å². The molecule has 1 aromatic heterocycles. The molecule has 3 rings (SSSR count). The molecule has 2 heterocycles. The number of pyridine rings is 1. The van der Waals surface area contributed by atoms with Gasteiger partial charge in [0.25, 0.3) is 0 Å². The fraction of sp³-hybridized carbons (Fsp3) is 0.730. The molecule has 0 radical (unpaired) electrons. The highest BCUT2D eigenvalue weighted by atomic mass is 79.9. The largest absolute Gasteiger partial charge is 1.00 e. The Bertz CT molecular complexity index is 1090. The Morgan fingerprint density at radius 2 is 1.41 bits per heavy atom. The zero-order valence-electron chi connectivity index (χ0n) is 28.3. The smallest absolute Gasteiger partial charge is 0.412 e. The molecule has 1 fully saturated rings. The fourth-order valence-corrected chi connectivity index (χ4v) is 7.21. The van der Waals surface area contributed by atoms with E-state index in [-0.39, 0.29) is 23.1 Å². The summed E-state index contributed by atoms with van der Waals surface area (Å²) in [5.74, 6) is 2.74. The molecule has 7 heteroatoms. The van der Waals surface area contributed by atoms with Gasteiger partial charge < -0.3 is 31.8 Å². The summed E-state index contributed by atoms with van der Waals surface area (Å²) in [5, 5.41) is 4.42. The molecule has 1 saturated heterocycles. The van der Waals surface area contributed by atoms with Gasteiger partial charge in [0.05, 0.1) is 17.7 Å². The molecule has 1 N–H and O–H groups in total. The van der Waals surface area contributed by atoms with E-state index in [2.05, 4.69) is 36.7 Å². The molecule has 0 saturated carbocycles. The second-order valence-electron chi connectivity index (χ2n) is 12.5. The zero-order valence-corrected chi connectivity index (χ0v) is 30.7. The first-order chi connectivity index (χ1) is 21.1. The van der Waals surface area contributed by atoms with Crippen molar-refractivity contribution in [1.82, 2.24) is 5.32 Å². The average molecular weight is 694 g/mol. The number of fused-ring (bicyclic) bond motifs is 1. The lowest BCUT2D eigenvalue weighted by atomic mass is 10.0. The number of thioether (sulfide) groups is 1. The first kappa shape index (κ1) is 38.7. The van der Waals surface area contributed by atoms with Crippen molar-refractivity contribution in [3.05, 3.63) is 29.5 Å². The SMILES string of the molecule is CCCCCCCCCCCCCCCCCCNC(=O)Oc1cccc2c1c(C)c(OC)c(C1CCS1)[n+]2CCCC.[Br-]. The molecular formula is C37H61BrN2O3S. The van der Waals surface area contributed by atoms with Gasteiger partial charge in [-0.15, -0.1) is 11.8 Å². The van der Waals surface area contributed by atoms with Crippen LogP contribution in [0.3, 0.4) is 0 Å². The van der Waals surface area contributed by atoms with Crippen LogP contribution in [0.1, 0.15) is 152 Å². The number of carbonyl (C=O) groups excluding carboxylic acids is 1. The monoisotopic (exact) mass is 692 g/mol. The molecule has 0 aliphatic carbocycles. The number of rotatable bonds is 23. The number of aromatic nitrogens is 1. The van der Waals surface area contributed by atoms with Crippen molar-refractivity contribution in [3.63, 3.8) is 0 Å². The van der Waals surface area contributed by atoms with Gasteiger partial charge in [0.2, 0.25) is 11.2 Å². The number of nitrogens with one attached hydrogen (secondary N) is 1. The number of hydrogen-bond acceptors (Lipinski definition) is 4. The molecule has 44 heavy (non-hydrogen) atoms. The molecule has 1 amide bonds. The quantitative estimate of drug-likeness (QED) is 0.0955. The van der Waals surface area contributed by atoms with Gasteiger partial charge in [0.1, 0.15) is 12.3 Å². The van der Waals surface area contributed by atoms with E-state index >= 15 is 0 Å². The number of unbranched alkanes of at least 4 members (excludes halogenated alkanes) is 16. The van der Waals surface area contributed by atoms with E-state index in [0.717, 1.165) is 54.4 Å². The normalized spacial score (nSPS) is 14.2. The predicted octanol–water partition coefficient (Wildman–Crippen LogP) is 7.78. The van der Waals surface area contributed by atoms with Gasteiger partial charge in [-0.1, -0.05) is 123 Å². The minimum atomic E-state index is -0.370. The third kappa shape index (κ3) is 12.4. The Labute approximate surface area is 283 Å². The van der Waals surface area contributed by atoms with Crippen LogP contribution in [-0.4, -0.2) is 25.5 Å². The van der Waals surface area contributed by atoms with Crippen molar-refractivity contribution < 1.29 is 35.8 Å². The maximum atomic E-state index is 12.8. The first-order valence-corrected chi connectivity index (χ1v) is 18.8. The van der Waals surface area contributed by atoms with Crippen LogP contribution in [0, 0.1) is 6.92 Å². The van der Waals surface area contributed by atoms with Crippen molar-refractivity contribution in [2.75, 3.05) is 19.4 Å². The van der Waals surface area contributed by atoms with Crippen LogP contribution in [0.25, 0.3) is 10.9 Å². The molecule has 0 spiro atoms. The molecule has 1 atom stereocenters. The van der Waals surface area contributed by atoms with Crippen LogP contribution in [-0.2, 0) is 6.54 Å². The second-order valence-corrected chi connectivity index (χ2v) is 13.8. The first-order valence-electron chi connectivity index (χ1n) is 17.7. The Morgan fingerprint density at radius 1 is 0.864 bits per heavy atom. The van der Waals surface area contributed by atoms with E-state index in [0.29, 0.717) is 17.5 Å². The molecule has 250 valence electrons. The fourth-order valence-electron chi connectivity index (χ4n) is 6.35. The highest BCUT2D eigenvalue weighted by Gasteiger charge is 2.36. The number of halogens is 1. The Balaban J connectivity index is 0.00000675. The van der Waals surface area contributed by atoms with Gasteiger partial charge in [-0.05, 0) is 31.6 Å². The van der Waals surface area contributed by atoms with Crippen molar-refractivity contribution in [3.8, 4) is 11.5 Å². The molecule has 1 aromatic carbocycles. The van der Waals surface area contributed by atoms with Crippen LogP contribution in [0.2, 0.25) is 0 Å². The van der Waals surface area contributed by atoms with Crippen LogP contribution >= 0.6 is 11.8 Å². The van der Waals surface area contributed by atoms with Crippen molar-refractivity contribution >= 4 is 28.8 Å². The van der Waals surface area contributed by atoms with E-state index in [4.69, 9.17) is 9.47 Å². The van der Waals surface area contributed by atoms with Gasteiger partial charge in [-0.3, -0.25) is 0 Å². The van der Waals surface area contributed by atoms with Gasteiger partial charge >= 0.3 is 6.09 Å². The summed E-state index contributed by atoms with van der Waals surface area (Å²) in [4.78, 5) is 12.8. The van der Waals surface area contributed by atoms with Crippen molar-refractivity contribution in [2.45, 2.75) is 155 Å². The van der Waals surface area contributed by atoms with Crippen LogP contribution < -0.4 is 36.3 Å². The summed E-state index contributed by atoms with van der Waals surface area (Å²) in [7, 11) is 1.76. The molecule has 5 nitrogen and oxygen atoms in total. The van der Waals surface area contributed by atoms with E-state index in [1.807, 2.05) is 23.9 Å². The van der Waals surface area contributed by atoms with Crippen molar-refractivity contribution in [2.24, 2.45) is 0 Å². The number of amides is 1. The third-order valence-electron chi connectivity index (χ3n) is 8.98. The van der Waals surface area contributed by atoms with E-state index < -0.39 is 0 Å². The lowest BCUT2D eigenvalue weighted by Crippen LogP contribution is -3.00. The number of carbonyl (C=O) groups is 1. The van der Waals surface area contributed by atoms with Gasteiger partial charge in [0.15, 0.2) is 5.75 Å². The van der Waals surface area contributed by atoms with Crippen LogP contribution in [0.15, 0.2) is 18.2 Å². The Hall–Kier alpha value is -1.47. The maximum absolute atomic E-state index is 12.8. The summed E-state index contributed by atoms with van der Waals surface area (Å²) < 4.78 is 14.3. The average Bonchev–Trinajstić information content (AvgIpc) is 2.98. The topological polar surface area (TPSA) is 51.4 Å². The molecule has 0 bridgehead atoms. The number of methoxy groups -OCH3 is 1. The van der Waals surface area contributed by atoms with E-state index in [9.17, 15) is 4.79 Å². The number of ether oxygens (including phenoxy) is 2. The maximum Gasteiger partial charge on any atom is 0.412 e. The summed E-state index contributed by atoms with van der Waals surface area (Å²) in [6, 6.07) is 6.07. The molecular weight excluding hydrogens is 632 g/mol. The minimum Gasteiger partial charge on any atom is -1.00 e. The number of aryl methyl sites for hydroxylation is 2. The van der Waals surface area contributed by atoms with Crippen LogP contribution in [0.5, 0.6) is 11.5 Å². The number of nitrogens with zero attached hydrogens (tertiary/aromatic N) is 1. The van der Waals surface area contributed by atoms with Crippen molar-refractivity contribution in [1.29, 1.82) is 0 Å². The number of benzene rings is 1. The molecule has 1 aliphatic heterocycles. The lowest BCUT2D eigenvalue weighted by Gasteiger charge is -2.26. The summed E-state index contributed by atoms with van der Waals surface area (Å²) in [6.07, 6.45) is 24.6. The lowest BCUT2D eigenvalue weighted by molar-refractivity contribution is -0.679. The molecule has 1 aliphatic rings. The molecule has 2 aromatic rings. The Morgan fingerprint density at radius 3 is 1.91 bits per heavy atom. The van der Waals surface area contributed by atoms with Gasteiger partial charge in [-0.25, -0.2) is 4.79 Å². The summed E-state index contributed by atoms with van der Waals surface area (Å²) >= 11 is 2.00. The Kier molecular flexibility index (Phi) is 20.2. The highest BCUT2D eigenvalue weighted by molar-refractivity contribution is 8.00. The highest BCUT2D eigenvalue weighted by Crippen LogP contribution is 2.47. The minimum absolute atomic E-state index is 0. The van der Waals surface area contributed by atoms with E-state index in [1.165, 1.54) is 108 Å². The summed E-state index contributed by atoms with van der Waals surface area (Å²) in [6.45, 7) is 8.20. The summed E-state index contributed by atoms with van der Waals surface area (Å²) in [5.41, 5.74) is 3.45. The third-order valence-corrected chi connectivity index (χ3v) is 10.3. The number of hydrogen-bond donors (Lipinski definition) is 1. The second kappa shape index (κ2) is 22.9. The van der Waals surface area contributed by atoms with E-state index in [1.54, 1.807) is 7.11 Å². The van der Waals surface area contributed by atoms with Gasteiger partial charge in [-0.2, -0.15) is 4.57 Å². The molecule has 1 unspecified atom stereocenters. The standard InChI is InChI=1S/C37H60N2O3S.BrH/c1-5-7-9-10-11-12-13-14-15-16-17-18-19-20-21-22-27-38-37(40)42-32-25-23-24-31-34(32)30(3)36(41-4)35(33-26-29-43-33)39(31)28-8-6-2;/h23-25,33H,5-22,26-29H2,1-4H3;1H. The zero-order chi connectivity index (χ0) is 30.7. The predicted molar refractivity (Wildman–Crippen MR) is 184 cm³/mol.